The SMILES string of the molecule is CCNC1CCCC1CCSCC(C)CO. The van der Waals surface area contributed by atoms with Gasteiger partial charge in [0.25, 0.3) is 0 Å². The van der Waals surface area contributed by atoms with E-state index in [1.54, 1.807) is 0 Å². The van der Waals surface area contributed by atoms with Gasteiger partial charge >= 0.3 is 0 Å². The second kappa shape index (κ2) is 8.37. The molecule has 3 heteroatoms. The Morgan fingerprint density at radius 1 is 1.44 bits per heavy atom. The van der Waals surface area contributed by atoms with Gasteiger partial charge in [-0.3, -0.25) is 0 Å². The van der Waals surface area contributed by atoms with Gasteiger partial charge in [-0.1, -0.05) is 20.3 Å². The molecular weight excluding hydrogens is 218 g/mol. The third-order valence-corrected chi connectivity index (χ3v) is 4.80. The van der Waals surface area contributed by atoms with Crippen molar-refractivity contribution in [1.82, 2.24) is 5.32 Å². The van der Waals surface area contributed by atoms with Crippen molar-refractivity contribution in [3.63, 3.8) is 0 Å². The minimum Gasteiger partial charge on any atom is -0.396 e. The first kappa shape index (κ1) is 14.3. The lowest BCUT2D eigenvalue weighted by Crippen LogP contribution is -2.32. The third kappa shape index (κ3) is 5.07. The van der Waals surface area contributed by atoms with E-state index < -0.39 is 0 Å². The van der Waals surface area contributed by atoms with Crippen LogP contribution in [0.4, 0.5) is 0 Å². The van der Waals surface area contributed by atoms with Crippen LogP contribution in [0.5, 0.6) is 0 Å². The molecule has 16 heavy (non-hydrogen) atoms. The fourth-order valence-corrected chi connectivity index (χ4v) is 3.63. The van der Waals surface area contributed by atoms with Crippen molar-refractivity contribution in [2.45, 2.75) is 45.6 Å². The van der Waals surface area contributed by atoms with Crippen LogP contribution in [0.1, 0.15) is 39.5 Å². The van der Waals surface area contributed by atoms with E-state index in [-0.39, 0.29) is 0 Å². The predicted molar refractivity (Wildman–Crippen MR) is 73.0 cm³/mol. The number of hydrogen-bond donors (Lipinski definition) is 2. The number of rotatable bonds is 8. The zero-order valence-corrected chi connectivity index (χ0v) is 11.6. The van der Waals surface area contributed by atoms with Gasteiger partial charge in [0.05, 0.1) is 0 Å². The zero-order chi connectivity index (χ0) is 11.8. The maximum absolute atomic E-state index is 8.93. The number of thioether (sulfide) groups is 1. The van der Waals surface area contributed by atoms with E-state index in [1.165, 1.54) is 31.4 Å². The first-order chi connectivity index (χ1) is 7.77. The molecule has 3 unspecified atom stereocenters. The summed E-state index contributed by atoms with van der Waals surface area (Å²) in [5.41, 5.74) is 0. The summed E-state index contributed by atoms with van der Waals surface area (Å²) in [7, 11) is 0. The standard InChI is InChI=1S/C13H27NOS/c1-3-14-13-6-4-5-12(13)7-8-16-10-11(2)9-15/h11-15H,3-10H2,1-2H3. The first-order valence-electron chi connectivity index (χ1n) is 6.69. The Bertz CT molecular complexity index is 177. The summed E-state index contributed by atoms with van der Waals surface area (Å²) in [4.78, 5) is 0. The van der Waals surface area contributed by atoms with Gasteiger partial charge in [0.2, 0.25) is 0 Å². The van der Waals surface area contributed by atoms with Crippen LogP contribution in [0.25, 0.3) is 0 Å². The molecule has 1 saturated carbocycles. The fourth-order valence-electron chi connectivity index (χ4n) is 2.49. The summed E-state index contributed by atoms with van der Waals surface area (Å²) in [5.74, 6) is 3.72. The van der Waals surface area contributed by atoms with Crippen molar-refractivity contribution in [2.24, 2.45) is 11.8 Å². The van der Waals surface area contributed by atoms with Crippen molar-refractivity contribution >= 4 is 11.8 Å². The molecule has 1 aliphatic rings. The highest BCUT2D eigenvalue weighted by molar-refractivity contribution is 7.99. The van der Waals surface area contributed by atoms with Crippen LogP contribution in [0.3, 0.4) is 0 Å². The van der Waals surface area contributed by atoms with E-state index in [0.717, 1.165) is 24.3 Å². The Labute approximate surface area is 105 Å². The molecular formula is C13H27NOS. The van der Waals surface area contributed by atoms with Crippen molar-refractivity contribution in [2.75, 3.05) is 24.7 Å². The highest BCUT2D eigenvalue weighted by atomic mass is 32.2. The lowest BCUT2D eigenvalue weighted by atomic mass is 10.0. The molecule has 3 atom stereocenters. The van der Waals surface area contributed by atoms with Crippen LogP contribution in [-0.4, -0.2) is 35.8 Å². The molecule has 1 aliphatic carbocycles. The van der Waals surface area contributed by atoms with Crippen molar-refractivity contribution < 1.29 is 5.11 Å². The summed E-state index contributed by atoms with van der Waals surface area (Å²) >= 11 is 2.01. The lowest BCUT2D eigenvalue weighted by molar-refractivity contribution is 0.250. The Balaban J connectivity index is 2.07. The average molecular weight is 245 g/mol. The first-order valence-corrected chi connectivity index (χ1v) is 7.85. The van der Waals surface area contributed by atoms with Gasteiger partial charge in [-0.05, 0) is 49.1 Å². The number of hydrogen-bond acceptors (Lipinski definition) is 3. The Morgan fingerprint density at radius 2 is 2.25 bits per heavy atom. The van der Waals surface area contributed by atoms with Gasteiger partial charge < -0.3 is 10.4 Å². The molecule has 0 aromatic carbocycles. The molecule has 0 spiro atoms. The van der Waals surface area contributed by atoms with E-state index in [0.29, 0.717) is 12.5 Å². The van der Waals surface area contributed by atoms with Gasteiger partial charge in [-0.2, -0.15) is 11.8 Å². The van der Waals surface area contributed by atoms with Gasteiger partial charge in [-0.25, -0.2) is 0 Å². The quantitative estimate of drug-likeness (QED) is 0.645. The minimum absolute atomic E-state index is 0.330. The summed E-state index contributed by atoms with van der Waals surface area (Å²) in [5, 5.41) is 12.5. The van der Waals surface area contributed by atoms with Gasteiger partial charge in [-0.15, -0.1) is 0 Å². The third-order valence-electron chi connectivity index (χ3n) is 3.47. The second-order valence-electron chi connectivity index (χ2n) is 5.01. The molecule has 0 aliphatic heterocycles. The van der Waals surface area contributed by atoms with Gasteiger partial charge in [0.15, 0.2) is 0 Å². The molecule has 0 aromatic heterocycles. The second-order valence-corrected chi connectivity index (χ2v) is 6.16. The van der Waals surface area contributed by atoms with E-state index >= 15 is 0 Å². The highest BCUT2D eigenvalue weighted by Crippen LogP contribution is 2.29. The Morgan fingerprint density at radius 3 is 2.94 bits per heavy atom. The number of nitrogens with one attached hydrogen (secondary N) is 1. The molecule has 1 rings (SSSR count). The number of aliphatic hydroxyl groups excluding tert-OH is 1. The van der Waals surface area contributed by atoms with E-state index in [4.69, 9.17) is 5.11 Å². The molecule has 1 fully saturated rings. The predicted octanol–water partition coefficient (Wildman–Crippen LogP) is 2.52. The molecule has 0 aromatic rings. The highest BCUT2D eigenvalue weighted by Gasteiger charge is 2.25. The maximum Gasteiger partial charge on any atom is 0.0464 e. The summed E-state index contributed by atoms with van der Waals surface area (Å²) in [6.45, 7) is 5.75. The van der Waals surface area contributed by atoms with Crippen molar-refractivity contribution in [3.8, 4) is 0 Å². The summed E-state index contributed by atoms with van der Waals surface area (Å²) in [6, 6.07) is 0.779. The topological polar surface area (TPSA) is 32.3 Å². The lowest BCUT2D eigenvalue weighted by Gasteiger charge is -2.20. The van der Waals surface area contributed by atoms with E-state index in [2.05, 4.69) is 19.2 Å². The molecule has 0 amide bonds. The van der Waals surface area contributed by atoms with Crippen molar-refractivity contribution in [1.29, 1.82) is 0 Å². The molecule has 2 nitrogen and oxygen atoms in total. The normalized spacial score (nSPS) is 27.2. The van der Waals surface area contributed by atoms with Crippen LogP contribution in [0.15, 0.2) is 0 Å². The monoisotopic (exact) mass is 245 g/mol. The summed E-state index contributed by atoms with van der Waals surface area (Å²) < 4.78 is 0. The minimum atomic E-state index is 0.330. The molecule has 96 valence electrons. The largest absolute Gasteiger partial charge is 0.396 e. The molecule has 0 heterocycles. The molecule has 0 bridgehead atoms. The average Bonchev–Trinajstić information content (AvgIpc) is 2.72. The van der Waals surface area contributed by atoms with Gasteiger partial charge in [0, 0.05) is 12.6 Å². The van der Waals surface area contributed by atoms with Crippen LogP contribution in [0.2, 0.25) is 0 Å². The maximum atomic E-state index is 8.93. The molecule has 0 saturated heterocycles. The van der Waals surface area contributed by atoms with E-state index in [1.807, 2.05) is 11.8 Å². The van der Waals surface area contributed by atoms with E-state index in [9.17, 15) is 0 Å². The number of aliphatic hydroxyl groups is 1. The van der Waals surface area contributed by atoms with Crippen LogP contribution < -0.4 is 5.32 Å². The van der Waals surface area contributed by atoms with Crippen molar-refractivity contribution in [3.05, 3.63) is 0 Å². The van der Waals surface area contributed by atoms with Crippen LogP contribution in [0, 0.1) is 11.8 Å². The zero-order valence-electron chi connectivity index (χ0n) is 10.7. The smallest absolute Gasteiger partial charge is 0.0464 e. The summed E-state index contributed by atoms with van der Waals surface area (Å²) in [6.07, 6.45) is 5.53. The molecule has 2 N–H and O–H groups in total. The fraction of sp³-hybridized carbons (Fsp3) is 1.00. The van der Waals surface area contributed by atoms with Gasteiger partial charge in [0.1, 0.15) is 0 Å². The Hall–Kier alpha value is 0.270. The Kier molecular flexibility index (Phi) is 7.50. The van der Waals surface area contributed by atoms with Crippen LogP contribution in [-0.2, 0) is 0 Å². The van der Waals surface area contributed by atoms with Crippen LogP contribution >= 0.6 is 11.8 Å². The molecule has 0 radical (unpaired) electrons.